The summed E-state index contributed by atoms with van der Waals surface area (Å²) in [6.45, 7) is 3.68. The topological polar surface area (TPSA) is 111 Å². The number of hydrogen-bond donors (Lipinski definition) is 3. The van der Waals surface area contributed by atoms with Crippen molar-refractivity contribution < 1.29 is 19.1 Å². The summed E-state index contributed by atoms with van der Waals surface area (Å²) in [7, 11) is 0. The minimum atomic E-state index is -0.915. The number of benzene rings is 3. The number of rotatable bonds is 9. The molecule has 0 aliphatic rings. The second-order valence-corrected chi connectivity index (χ2v) is 8.28. The van der Waals surface area contributed by atoms with Crippen LogP contribution in [0.5, 0.6) is 0 Å². The summed E-state index contributed by atoms with van der Waals surface area (Å²) in [5.74, 6) is -1.37. The number of nitrogens with one attached hydrogen (secondary N) is 2. The Morgan fingerprint density at radius 1 is 0.848 bits per heavy atom. The normalized spacial score (nSPS) is 12.7. The molecule has 0 spiro atoms. The Labute approximate surface area is 193 Å². The summed E-state index contributed by atoms with van der Waals surface area (Å²) in [4.78, 5) is 37.3. The van der Waals surface area contributed by atoms with E-state index in [1.54, 1.807) is 13.8 Å². The van der Waals surface area contributed by atoms with E-state index in [0.29, 0.717) is 0 Å². The first-order valence-corrected chi connectivity index (χ1v) is 10.9. The van der Waals surface area contributed by atoms with Crippen molar-refractivity contribution >= 4 is 28.7 Å². The number of amides is 3. The predicted molar refractivity (Wildman–Crippen MR) is 127 cm³/mol. The van der Waals surface area contributed by atoms with Crippen LogP contribution in [0.2, 0.25) is 0 Å². The number of alkyl carbamates (subject to hydrolysis) is 1. The molecule has 2 atom stereocenters. The fraction of sp³-hybridized carbons (Fsp3) is 0.269. The Balaban J connectivity index is 1.63. The van der Waals surface area contributed by atoms with Gasteiger partial charge in [0.05, 0.1) is 0 Å². The molecule has 0 aliphatic heterocycles. The Bertz CT molecular complexity index is 1110. The van der Waals surface area contributed by atoms with Crippen molar-refractivity contribution in [3.8, 4) is 0 Å². The van der Waals surface area contributed by atoms with Crippen LogP contribution in [-0.4, -0.2) is 30.0 Å². The molecule has 3 rings (SSSR count). The number of fused-ring (bicyclic) bond motifs is 1. The molecule has 0 heterocycles. The van der Waals surface area contributed by atoms with E-state index >= 15 is 0 Å². The maximum atomic E-state index is 12.9. The van der Waals surface area contributed by atoms with Gasteiger partial charge in [-0.05, 0) is 27.8 Å². The highest BCUT2D eigenvalue weighted by Crippen LogP contribution is 2.17. The second-order valence-electron chi connectivity index (χ2n) is 8.28. The molecule has 0 bridgehead atoms. The molecule has 33 heavy (non-hydrogen) atoms. The van der Waals surface area contributed by atoms with Gasteiger partial charge in [0.2, 0.25) is 11.8 Å². The van der Waals surface area contributed by atoms with Gasteiger partial charge < -0.3 is 21.1 Å². The predicted octanol–water partition coefficient (Wildman–Crippen LogP) is 3.30. The maximum Gasteiger partial charge on any atom is 0.408 e. The molecule has 3 aromatic rings. The summed E-state index contributed by atoms with van der Waals surface area (Å²) < 4.78 is 5.23. The van der Waals surface area contributed by atoms with Crippen molar-refractivity contribution in [3.63, 3.8) is 0 Å². The highest BCUT2D eigenvalue weighted by Gasteiger charge is 2.28. The monoisotopic (exact) mass is 447 g/mol. The van der Waals surface area contributed by atoms with Gasteiger partial charge in [-0.25, -0.2) is 4.79 Å². The van der Waals surface area contributed by atoms with Crippen LogP contribution in [0, 0.1) is 5.92 Å². The van der Waals surface area contributed by atoms with E-state index in [9.17, 15) is 14.4 Å². The van der Waals surface area contributed by atoms with E-state index in [1.165, 1.54) is 0 Å². The Kier molecular flexibility index (Phi) is 8.02. The molecule has 0 fully saturated rings. The van der Waals surface area contributed by atoms with Crippen molar-refractivity contribution in [2.24, 2.45) is 11.7 Å². The van der Waals surface area contributed by atoms with Crippen molar-refractivity contribution in [2.75, 3.05) is 0 Å². The fourth-order valence-corrected chi connectivity index (χ4v) is 3.51. The SMILES string of the molecule is CC(C)[C@@H](NC(=O)OCc1ccccc1)C(=O)N[C@@H](Cc1ccc2ccccc2c1)C(N)=O. The van der Waals surface area contributed by atoms with Gasteiger partial charge in [-0.1, -0.05) is 86.6 Å². The lowest BCUT2D eigenvalue weighted by atomic mass is 9.99. The van der Waals surface area contributed by atoms with Gasteiger partial charge in [-0.3, -0.25) is 9.59 Å². The maximum absolute atomic E-state index is 12.9. The highest BCUT2D eigenvalue weighted by atomic mass is 16.5. The standard InChI is InChI=1S/C26H29N3O4/c1-17(2)23(29-26(32)33-16-18-8-4-3-5-9-18)25(31)28-22(24(27)30)15-19-12-13-20-10-6-7-11-21(20)14-19/h3-14,17,22-23H,15-16H2,1-2H3,(H2,27,30)(H,28,31)(H,29,32)/t22-,23+/m0/s1. The lowest BCUT2D eigenvalue weighted by Gasteiger charge is -2.24. The zero-order chi connectivity index (χ0) is 23.8. The molecule has 0 saturated carbocycles. The number of ether oxygens (including phenoxy) is 1. The van der Waals surface area contributed by atoms with Crippen LogP contribution in [0.3, 0.4) is 0 Å². The van der Waals surface area contributed by atoms with Crippen LogP contribution < -0.4 is 16.4 Å². The third-order valence-electron chi connectivity index (χ3n) is 5.35. The van der Waals surface area contributed by atoms with Crippen molar-refractivity contribution in [2.45, 2.75) is 39.0 Å². The van der Waals surface area contributed by atoms with E-state index in [-0.39, 0.29) is 18.9 Å². The first-order valence-electron chi connectivity index (χ1n) is 10.9. The molecule has 0 saturated heterocycles. The summed E-state index contributed by atoms with van der Waals surface area (Å²) in [5.41, 5.74) is 7.27. The minimum absolute atomic E-state index is 0.0883. The largest absolute Gasteiger partial charge is 0.445 e. The van der Waals surface area contributed by atoms with Crippen molar-refractivity contribution in [1.82, 2.24) is 10.6 Å². The van der Waals surface area contributed by atoms with Gasteiger partial charge in [-0.2, -0.15) is 0 Å². The number of hydrogen-bond acceptors (Lipinski definition) is 4. The number of primary amides is 1. The molecule has 0 aliphatic carbocycles. The average molecular weight is 448 g/mol. The molecule has 3 amide bonds. The van der Waals surface area contributed by atoms with Crippen LogP contribution in [0.15, 0.2) is 72.8 Å². The Hall–Kier alpha value is -3.87. The smallest absolute Gasteiger partial charge is 0.408 e. The highest BCUT2D eigenvalue weighted by molar-refractivity contribution is 5.91. The van der Waals surface area contributed by atoms with Crippen LogP contribution in [0.1, 0.15) is 25.0 Å². The summed E-state index contributed by atoms with van der Waals surface area (Å²) >= 11 is 0. The van der Waals surface area contributed by atoms with Gasteiger partial charge in [-0.15, -0.1) is 0 Å². The molecule has 172 valence electrons. The van der Waals surface area contributed by atoms with Crippen LogP contribution >= 0.6 is 0 Å². The van der Waals surface area contributed by atoms with E-state index in [1.807, 2.05) is 72.8 Å². The third-order valence-corrected chi connectivity index (χ3v) is 5.35. The molecule has 0 unspecified atom stereocenters. The van der Waals surface area contributed by atoms with Crippen LogP contribution in [-0.2, 0) is 27.4 Å². The zero-order valence-electron chi connectivity index (χ0n) is 18.8. The molecular weight excluding hydrogens is 418 g/mol. The van der Waals surface area contributed by atoms with Gasteiger partial charge in [0.1, 0.15) is 18.7 Å². The van der Waals surface area contributed by atoms with E-state index < -0.39 is 30.0 Å². The molecule has 4 N–H and O–H groups in total. The van der Waals surface area contributed by atoms with E-state index in [0.717, 1.165) is 21.9 Å². The number of carbonyl (C=O) groups is 3. The summed E-state index contributed by atoms with van der Waals surface area (Å²) in [6.07, 6.45) is -0.465. The molecule has 7 nitrogen and oxygen atoms in total. The summed E-state index contributed by atoms with van der Waals surface area (Å²) in [5, 5.41) is 7.40. The van der Waals surface area contributed by atoms with Gasteiger partial charge in [0.25, 0.3) is 0 Å². The third kappa shape index (κ3) is 6.80. The molecule has 7 heteroatoms. The first-order chi connectivity index (χ1) is 15.8. The van der Waals surface area contributed by atoms with E-state index in [4.69, 9.17) is 10.5 Å². The lowest BCUT2D eigenvalue weighted by Crippen LogP contribution is -2.55. The molecular formula is C26H29N3O4. The molecule has 0 radical (unpaired) electrons. The number of nitrogens with two attached hydrogens (primary N) is 1. The van der Waals surface area contributed by atoms with Gasteiger partial charge >= 0.3 is 6.09 Å². The number of carbonyl (C=O) groups excluding carboxylic acids is 3. The average Bonchev–Trinajstić information content (AvgIpc) is 2.81. The quantitative estimate of drug-likeness (QED) is 0.467. The lowest BCUT2D eigenvalue weighted by molar-refractivity contribution is -0.129. The van der Waals surface area contributed by atoms with Gasteiger partial charge in [0.15, 0.2) is 0 Å². The minimum Gasteiger partial charge on any atom is -0.445 e. The molecule has 3 aromatic carbocycles. The second kappa shape index (κ2) is 11.1. The van der Waals surface area contributed by atoms with Gasteiger partial charge in [0, 0.05) is 6.42 Å². The fourth-order valence-electron chi connectivity index (χ4n) is 3.51. The zero-order valence-corrected chi connectivity index (χ0v) is 18.8. The summed E-state index contributed by atoms with van der Waals surface area (Å²) in [6, 6.07) is 21.2. The van der Waals surface area contributed by atoms with Crippen molar-refractivity contribution in [3.05, 3.63) is 83.9 Å². The first kappa shape index (κ1) is 23.8. The molecule has 0 aromatic heterocycles. The Morgan fingerprint density at radius 2 is 1.52 bits per heavy atom. The van der Waals surface area contributed by atoms with Crippen LogP contribution in [0.4, 0.5) is 4.79 Å². The van der Waals surface area contributed by atoms with E-state index in [2.05, 4.69) is 10.6 Å². The Morgan fingerprint density at radius 3 is 2.18 bits per heavy atom. The van der Waals surface area contributed by atoms with Crippen LogP contribution in [0.25, 0.3) is 10.8 Å². The van der Waals surface area contributed by atoms with Crippen molar-refractivity contribution in [1.29, 1.82) is 0 Å².